The number of nitrogens with one attached hydrogen (secondary N) is 1. The fourth-order valence-corrected chi connectivity index (χ4v) is 1.37. The largest absolute Gasteiger partial charge is 0.372 e. The third kappa shape index (κ3) is 8.43. The number of rotatable bonds is 9. The monoisotopic (exact) mass is 215 g/mol. The van der Waals surface area contributed by atoms with Crippen molar-refractivity contribution in [3.05, 3.63) is 0 Å². The van der Waals surface area contributed by atoms with E-state index < -0.39 is 0 Å². The van der Waals surface area contributed by atoms with Crippen LogP contribution in [0.1, 0.15) is 52.4 Å². The van der Waals surface area contributed by atoms with Gasteiger partial charge in [-0.05, 0) is 13.3 Å². The van der Waals surface area contributed by atoms with Gasteiger partial charge in [0.2, 0.25) is 5.91 Å². The van der Waals surface area contributed by atoms with Crippen LogP contribution in [0.15, 0.2) is 0 Å². The average Bonchev–Trinajstić information content (AvgIpc) is 2.26. The van der Waals surface area contributed by atoms with Crippen molar-refractivity contribution in [1.82, 2.24) is 5.32 Å². The SMILES string of the molecule is CCCCCCCCNC(=O)[C@@H](C)OC. The summed E-state index contributed by atoms with van der Waals surface area (Å²) in [5.41, 5.74) is 0. The van der Waals surface area contributed by atoms with Gasteiger partial charge in [-0.3, -0.25) is 4.79 Å². The highest BCUT2D eigenvalue weighted by atomic mass is 16.5. The molecule has 0 aromatic heterocycles. The van der Waals surface area contributed by atoms with Crippen molar-refractivity contribution >= 4 is 5.91 Å². The molecule has 0 aromatic rings. The molecular weight excluding hydrogens is 190 g/mol. The van der Waals surface area contributed by atoms with Crippen LogP contribution >= 0.6 is 0 Å². The molecule has 0 fully saturated rings. The molecule has 0 saturated heterocycles. The van der Waals surface area contributed by atoms with Crippen LogP contribution in [0, 0.1) is 0 Å². The molecule has 0 aliphatic carbocycles. The van der Waals surface area contributed by atoms with E-state index in [1.165, 1.54) is 32.1 Å². The Morgan fingerprint density at radius 2 is 1.80 bits per heavy atom. The Bertz CT molecular complexity index is 160. The third-order valence-corrected chi connectivity index (χ3v) is 2.55. The zero-order valence-corrected chi connectivity index (χ0v) is 10.3. The first-order valence-electron chi connectivity index (χ1n) is 6.02. The smallest absolute Gasteiger partial charge is 0.248 e. The fraction of sp³-hybridized carbons (Fsp3) is 0.917. The van der Waals surface area contributed by atoms with Gasteiger partial charge in [0.05, 0.1) is 0 Å². The minimum atomic E-state index is -0.329. The zero-order valence-electron chi connectivity index (χ0n) is 10.3. The predicted molar refractivity (Wildman–Crippen MR) is 62.9 cm³/mol. The second-order valence-electron chi connectivity index (χ2n) is 3.94. The van der Waals surface area contributed by atoms with Crippen LogP contribution < -0.4 is 5.32 Å². The van der Waals surface area contributed by atoms with Crippen LogP contribution in [-0.2, 0) is 9.53 Å². The van der Waals surface area contributed by atoms with Gasteiger partial charge in [0.15, 0.2) is 0 Å². The molecule has 0 radical (unpaired) electrons. The second-order valence-corrected chi connectivity index (χ2v) is 3.94. The number of amides is 1. The summed E-state index contributed by atoms with van der Waals surface area (Å²) in [4.78, 5) is 11.3. The summed E-state index contributed by atoms with van der Waals surface area (Å²) >= 11 is 0. The molecule has 1 atom stereocenters. The maximum Gasteiger partial charge on any atom is 0.248 e. The van der Waals surface area contributed by atoms with Crippen molar-refractivity contribution in [2.45, 2.75) is 58.5 Å². The standard InChI is InChI=1S/C12H25NO2/c1-4-5-6-7-8-9-10-13-12(14)11(2)15-3/h11H,4-10H2,1-3H3,(H,13,14)/t11-/m1/s1. The Balaban J connectivity index is 3.20. The number of carbonyl (C=O) groups is 1. The maximum atomic E-state index is 11.3. The molecule has 1 amide bonds. The minimum Gasteiger partial charge on any atom is -0.372 e. The molecule has 3 nitrogen and oxygen atoms in total. The number of unbranched alkanes of at least 4 members (excludes halogenated alkanes) is 5. The topological polar surface area (TPSA) is 38.3 Å². The lowest BCUT2D eigenvalue weighted by Gasteiger charge is -2.09. The van der Waals surface area contributed by atoms with E-state index in [9.17, 15) is 4.79 Å². The van der Waals surface area contributed by atoms with Gasteiger partial charge in [0, 0.05) is 13.7 Å². The first kappa shape index (κ1) is 14.4. The average molecular weight is 215 g/mol. The molecule has 0 bridgehead atoms. The molecule has 0 spiro atoms. The second kappa shape index (κ2) is 9.97. The Hall–Kier alpha value is -0.570. The van der Waals surface area contributed by atoms with Gasteiger partial charge in [0.25, 0.3) is 0 Å². The molecule has 0 aliphatic heterocycles. The van der Waals surface area contributed by atoms with Crippen LogP contribution in [0.3, 0.4) is 0 Å². The van der Waals surface area contributed by atoms with Crippen LogP contribution in [0.2, 0.25) is 0 Å². The van der Waals surface area contributed by atoms with E-state index in [1.54, 1.807) is 14.0 Å². The van der Waals surface area contributed by atoms with E-state index in [-0.39, 0.29) is 12.0 Å². The number of ether oxygens (including phenoxy) is 1. The van der Waals surface area contributed by atoms with Crippen LogP contribution in [-0.4, -0.2) is 25.7 Å². The zero-order chi connectivity index (χ0) is 11.5. The fourth-order valence-electron chi connectivity index (χ4n) is 1.37. The van der Waals surface area contributed by atoms with Crippen molar-refractivity contribution in [2.75, 3.05) is 13.7 Å². The van der Waals surface area contributed by atoms with Crippen molar-refractivity contribution in [3.63, 3.8) is 0 Å². The molecule has 90 valence electrons. The first-order valence-corrected chi connectivity index (χ1v) is 6.02. The van der Waals surface area contributed by atoms with Gasteiger partial charge in [0.1, 0.15) is 6.10 Å². The molecule has 0 aliphatic rings. The molecule has 15 heavy (non-hydrogen) atoms. The van der Waals surface area contributed by atoms with Gasteiger partial charge in [-0.1, -0.05) is 39.0 Å². The first-order chi connectivity index (χ1) is 7.22. The Kier molecular flexibility index (Phi) is 9.59. The number of carbonyl (C=O) groups excluding carboxylic acids is 1. The number of hydrogen-bond donors (Lipinski definition) is 1. The van der Waals surface area contributed by atoms with Crippen molar-refractivity contribution in [1.29, 1.82) is 0 Å². The Morgan fingerprint density at radius 3 is 2.40 bits per heavy atom. The van der Waals surface area contributed by atoms with Crippen LogP contribution in [0.4, 0.5) is 0 Å². The lowest BCUT2D eigenvalue weighted by atomic mass is 10.1. The van der Waals surface area contributed by atoms with E-state index in [1.807, 2.05) is 0 Å². The molecular formula is C12H25NO2. The maximum absolute atomic E-state index is 11.3. The normalized spacial score (nSPS) is 12.5. The lowest BCUT2D eigenvalue weighted by Crippen LogP contribution is -2.34. The van der Waals surface area contributed by atoms with Crippen molar-refractivity contribution < 1.29 is 9.53 Å². The predicted octanol–water partition coefficient (Wildman–Crippen LogP) is 2.50. The summed E-state index contributed by atoms with van der Waals surface area (Å²) < 4.78 is 4.91. The quantitative estimate of drug-likeness (QED) is 0.600. The Morgan fingerprint density at radius 1 is 1.20 bits per heavy atom. The summed E-state index contributed by atoms with van der Waals surface area (Å²) in [6.07, 6.45) is 7.16. The summed E-state index contributed by atoms with van der Waals surface area (Å²) in [5, 5.41) is 2.86. The minimum absolute atomic E-state index is 0.00828. The van der Waals surface area contributed by atoms with Gasteiger partial charge in [-0.25, -0.2) is 0 Å². The summed E-state index contributed by atoms with van der Waals surface area (Å²) in [7, 11) is 1.55. The lowest BCUT2D eigenvalue weighted by molar-refractivity contribution is -0.130. The van der Waals surface area contributed by atoms with Gasteiger partial charge >= 0.3 is 0 Å². The molecule has 0 saturated carbocycles. The van der Waals surface area contributed by atoms with Gasteiger partial charge in [-0.2, -0.15) is 0 Å². The van der Waals surface area contributed by atoms with E-state index in [0.29, 0.717) is 0 Å². The highest BCUT2D eigenvalue weighted by Crippen LogP contribution is 2.04. The number of hydrogen-bond acceptors (Lipinski definition) is 2. The van der Waals surface area contributed by atoms with Crippen molar-refractivity contribution in [2.24, 2.45) is 0 Å². The van der Waals surface area contributed by atoms with E-state index in [0.717, 1.165) is 13.0 Å². The molecule has 0 rings (SSSR count). The summed E-state index contributed by atoms with van der Waals surface area (Å²) in [6, 6.07) is 0. The molecule has 0 unspecified atom stereocenters. The number of methoxy groups -OCH3 is 1. The summed E-state index contributed by atoms with van der Waals surface area (Å²) in [6.45, 7) is 4.75. The van der Waals surface area contributed by atoms with Crippen molar-refractivity contribution in [3.8, 4) is 0 Å². The van der Waals surface area contributed by atoms with Crippen LogP contribution in [0.5, 0.6) is 0 Å². The summed E-state index contributed by atoms with van der Waals surface area (Å²) in [5.74, 6) is -0.00828. The van der Waals surface area contributed by atoms with E-state index in [2.05, 4.69) is 12.2 Å². The van der Waals surface area contributed by atoms with Gasteiger partial charge < -0.3 is 10.1 Å². The molecule has 0 aromatic carbocycles. The highest BCUT2D eigenvalue weighted by molar-refractivity contribution is 5.80. The molecule has 0 heterocycles. The van der Waals surface area contributed by atoms with E-state index >= 15 is 0 Å². The molecule has 3 heteroatoms. The third-order valence-electron chi connectivity index (χ3n) is 2.55. The molecule has 1 N–H and O–H groups in total. The van der Waals surface area contributed by atoms with Gasteiger partial charge in [-0.15, -0.1) is 0 Å². The van der Waals surface area contributed by atoms with E-state index in [4.69, 9.17) is 4.74 Å². The Labute approximate surface area is 93.6 Å². The van der Waals surface area contributed by atoms with Crippen LogP contribution in [0.25, 0.3) is 0 Å². The highest BCUT2D eigenvalue weighted by Gasteiger charge is 2.09.